The van der Waals surface area contributed by atoms with Crippen LogP contribution in [0, 0.1) is 0 Å². The van der Waals surface area contributed by atoms with Gasteiger partial charge in [-0.05, 0) is 46.0 Å². The molecule has 0 radical (unpaired) electrons. The molecule has 6 heteroatoms. The smallest absolute Gasteiger partial charge is 0.450 e. The molecule has 0 spiro atoms. The monoisotopic (exact) mass is 483 g/mol. The van der Waals surface area contributed by atoms with Gasteiger partial charge in [-0.3, -0.25) is 4.79 Å². The van der Waals surface area contributed by atoms with Crippen molar-refractivity contribution in [1.82, 2.24) is 5.32 Å². The Balaban J connectivity index is 1.41. The Labute approximate surface area is 208 Å². The largest absolute Gasteiger partial charge is 0.507 e. The van der Waals surface area contributed by atoms with Crippen molar-refractivity contribution in [2.24, 2.45) is 0 Å². The van der Waals surface area contributed by atoms with Gasteiger partial charge < -0.3 is 15.2 Å². The number of halogens is 1. The van der Waals surface area contributed by atoms with Crippen LogP contribution in [0.1, 0.15) is 21.5 Å². The molecular weight excluding hydrogens is 462 g/mol. The van der Waals surface area contributed by atoms with Crippen molar-refractivity contribution in [2.45, 2.75) is 18.6 Å². The fraction of sp³-hybridized carbons (Fsp3) is 0.103. The topological polar surface area (TPSA) is 75.6 Å². The number of nitrogens with one attached hydrogen (secondary N) is 1. The standard InChI is InChI=1S/C29H22ClNO4/c30-26-15-14-22(16-25(26)21-12-10-20(11-13-21)19-6-2-1-3-7-19)27(32)31-29(35-28(33)34)17-23-8-4-5-9-24(23)18-29/h1-16H,17-18H2,(H,31,32)(H,33,34). The van der Waals surface area contributed by atoms with E-state index in [1.54, 1.807) is 18.2 Å². The molecule has 0 aromatic heterocycles. The number of carbonyl (C=O) groups is 2. The van der Waals surface area contributed by atoms with Gasteiger partial charge >= 0.3 is 6.16 Å². The number of ether oxygens (including phenoxy) is 1. The van der Waals surface area contributed by atoms with Gasteiger partial charge in [0.2, 0.25) is 0 Å². The summed E-state index contributed by atoms with van der Waals surface area (Å²) in [6, 6.07) is 30.6. The highest BCUT2D eigenvalue weighted by Gasteiger charge is 2.42. The van der Waals surface area contributed by atoms with Crippen molar-refractivity contribution in [1.29, 1.82) is 0 Å². The van der Waals surface area contributed by atoms with E-state index in [4.69, 9.17) is 16.3 Å². The summed E-state index contributed by atoms with van der Waals surface area (Å²) in [4.78, 5) is 24.7. The minimum atomic E-state index is -1.44. The van der Waals surface area contributed by atoms with Crippen molar-refractivity contribution in [3.63, 3.8) is 0 Å². The Morgan fingerprint density at radius 1 is 0.771 bits per heavy atom. The van der Waals surface area contributed by atoms with Crippen molar-refractivity contribution in [3.8, 4) is 22.3 Å². The fourth-order valence-electron chi connectivity index (χ4n) is 4.57. The Bertz CT molecular complexity index is 1380. The molecular formula is C29H22ClNO4. The van der Waals surface area contributed by atoms with Crippen molar-refractivity contribution < 1.29 is 19.4 Å². The van der Waals surface area contributed by atoms with Gasteiger partial charge in [0, 0.05) is 29.0 Å². The lowest BCUT2D eigenvalue weighted by atomic mass is 9.98. The fourth-order valence-corrected chi connectivity index (χ4v) is 4.80. The highest BCUT2D eigenvalue weighted by Crippen LogP contribution is 2.33. The molecule has 174 valence electrons. The van der Waals surface area contributed by atoms with E-state index in [9.17, 15) is 14.7 Å². The maximum atomic E-state index is 13.2. The predicted octanol–water partition coefficient (Wildman–Crippen LogP) is 6.59. The quantitative estimate of drug-likeness (QED) is 0.248. The second kappa shape index (κ2) is 9.28. The number of amides is 1. The Morgan fingerprint density at radius 2 is 1.34 bits per heavy atom. The van der Waals surface area contributed by atoms with E-state index in [0.29, 0.717) is 16.1 Å². The van der Waals surface area contributed by atoms with Gasteiger partial charge in [-0.15, -0.1) is 0 Å². The molecule has 4 aromatic rings. The van der Waals surface area contributed by atoms with E-state index >= 15 is 0 Å². The van der Waals surface area contributed by atoms with E-state index in [-0.39, 0.29) is 12.8 Å². The molecule has 0 unspecified atom stereocenters. The summed E-state index contributed by atoms with van der Waals surface area (Å²) < 4.78 is 5.23. The maximum absolute atomic E-state index is 13.2. The number of hydrogen-bond acceptors (Lipinski definition) is 3. The van der Waals surface area contributed by atoms with E-state index in [0.717, 1.165) is 27.8 Å². The van der Waals surface area contributed by atoms with Crippen LogP contribution in [0.25, 0.3) is 22.3 Å². The molecule has 5 nitrogen and oxygen atoms in total. The minimum absolute atomic E-state index is 0.266. The summed E-state index contributed by atoms with van der Waals surface area (Å²) in [7, 11) is 0. The SMILES string of the molecule is O=C(O)OC1(NC(=O)c2ccc(Cl)c(-c3ccc(-c4ccccc4)cc3)c2)Cc2ccccc2C1. The third kappa shape index (κ3) is 4.77. The van der Waals surface area contributed by atoms with E-state index in [1.807, 2.05) is 78.9 Å². The Morgan fingerprint density at radius 3 is 1.97 bits per heavy atom. The molecule has 0 bridgehead atoms. The van der Waals surface area contributed by atoms with Crippen LogP contribution in [0.5, 0.6) is 0 Å². The first kappa shape index (κ1) is 22.7. The summed E-state index contributed by atoms with van der Waals surface area (Å²) in [5.74, 6) is -0.433. The number of rotatable bonds is 5. The van der Waals surface area contributed by atoms with Gasteiger partial charge in [0.15, 0.2) is 5.72 Å². The average molecular weight is 484 g/mol. The van der Waals surface area contributed by atoms with E-state index in [2.05, 4.69) is 5.32 Å². The molecule has 1 amide bonds. The van der Waals surface area contributed by atoms with Crippen LogP contribution >= 0.6 is 11.6 Å². The summed E-state index contributed by atoms with van der Waals surface area (Å²) in [5.41, 5.74) is 4.67. The van der Waals surface area contributed by atoms with Crippen LogP contribution in [-0.4, -0.2) is 22.9 Å². The summed E-state index contributed by atoms with van der Waals surface area (Å²) in [6.45, 7) is 0. The van der Waals surface area contributed by atoms with Crippen LogP contribution in [0.4, 0.5) is 4.79 Å². The van der Waals surface area contributed by atoms with Gasteiger partial charge in [-0.1, -0.05) is 90.5 Å². The van der Waals surface area contributed by atoms with E-state index < -0.39 is 17.8 Å². The zero-order valence-corrected chi connectivity index (χ0v) is 19.5. The second-order valence-electron chi connectivity index (χ2n) is 8.58. The molecule has 0 heterocycles. The van der Waals surface area contributed by atoms with Gasteiger partial charge in [0.05, 0.1) is 0 Å². The molecule has 0 saturated heterocycles. The molecule has 0 atom stereocenters. The highest BCUT2D eigenvalue weighted by atomic mass is 35.5. The molecule has 4 aromatic carbocycles. The number of benzene rings is 4. The lowest BCUT2D eigenvalue weighted by molar-refractivity contribution is -0.0299. The number of carbonyl (C=O) groups excluding carboxylic acids is 1. The molecule has 0 saturated carbocycles. The second-order valence-corrected chi connectivity index (χ2v) is 8.98. The maximum Gasteiger partial charge on any atom is 0.507 e. The first-order chi connectivity index (χ1) is 16.9. The zero-order chi connectivity index (χ0) is 24.4. The number of fused-ring (bicyclic) bond motifs is 1. The van der Waals surface area contributed by atoms with Crippen LogP contribution in [0.3, 0.4) is 0 Å². The van der Waals surface area contributed by atoms with Gasteiger partial charge in [-0.2, -0.15) is 0 Å². The van der Waals surface area contributed by atoms with Crippen LogP contribution in [-0.2, 0) is 17.6 Å². The first-order valence-electron chi connectivity index (χ1n) is 11.2. The molecule has 5 rings (SSSR count). The normalized spacial score (nSPS) is 13.6. The first-order valence-corrected chi connectivity index (χ1v) is 11.6. The lowest BCUT2D eigenvalue weighted by Gasteiger charge is -2.28. The van der Waals surface area contributed by atoms with Crippen LogP contribution < -0.4 is 5.32 Å². The molecule has 1 aliphatic rings. The Kier molecular flexibility index (Phi) is 6.01. The van der Waals surface area contributed by atoms with Crippen molar-refractivity contribution in [3.05, 3.63) is 119 Å². The molecule has 0 fully saturated rings. The van der Waals surface area contributed by atoms with Gasteiger partial charge in [0.1, 0.15) is 0 Å². The molecule has 0 aliphatic heterocycles. The number of carboxylic acid groups (broad SMARTS) is 1. The minimum Gasteiger partial charge on any atom is -0.450 e. The molecule has 35 heavy (non-hydrogen) atoms. The summed E-state index contributed by atoms with van der Waals surface area (Å²) in [5, 5.41) is 12.7. The number of hydrogen-bond donors (Lipinski definition) is 2. The van der Waals surface area contributed by atoms with Gasteiger partial charge in [0.25, 0.3) is 5.91 Å². The van der Waals surface area contributed by atoms with Crippen molar-refractivity contribution in [2.75, 3.05) is 0 Å². The summed E-state index contributed by atoms with van der Waals surface area (Å²) >= 11 is 6.49. The third-order valence-electron chi connectivity index (χ3n) is 6.23. The summed E-state index contributed by atoms with van der Waals surface area (Å²) in [6.07, 6.45) is -0.904. The third-order valence-corrected chi connectivity index (χ3v) is 6.56. The van der Waals surface area contributed by atoms with E-state index in [1.165, 1.54) is 0 Å². The van der Waals surface area contributed by atoms with Crippen LogP contribution in [0.15, 0.2) is 97.1 Å². The average Bonchev–Trinajstić information content (AvgIpc) is 3.21. The van der Waals surface area contributed by atoms with Crippen molar-refractivity contribution >= 4 is 23.7 Å². The zero-order valence-electron chi connectivity index (χ0n) is 18.7. The predicted molar refractivity (Wildman–Crippen MR) is 135 cm³/mol. The van der Waals surface area contributed by atoms with Gasteiger partial charge in [-0.25, -0.2) is 4.79 Å². The lowest BCUT2D eigenvalue weighted by Crippen LogP contribution is -2.52. The highest BCUT2D eigenvalue weighted by molar-refractivity contribution is 6.33. The molecule has 1 aliphatic carbocycles. The van der Waals surface area contributed by atoms with Crippen LogP contribution in [0.2, 0.25) is 5.02 Å². The molecule has 2 N–H and O–H groups in total. The Hall–Kier alpha value is -4.09.